The monoisotopic (exact) mass is 267 g/mol. The fourth-order valence-corrected chi connectivity index (χ4v) is 1.58. The SMILES string of the molecule is COC(=O)C(C)(C)COc1ccc(OC)cc1CN. The Hall–Kier alpha value is -1.75. The van der Waals surface area contributed by atoms with Crippen LogP contribution in [0, 0.1) is 5.41 Å². The van der Waals surface area contributed by atoms with Crippen molar-refractivity contribution in [3.8, 4) is 11.5 Å². The van der Waals surface area contributed by atoms with Gasteiger partial charge in [0.1, 0.15) is 18.1 Å². The Morgan fingerprint density at radius 2 is 2.00 bits per heavy atom. The van der Waals surface area contributed by atoms with Crippen LogP contribution in [0.15, 0.2) is 18.2 Å². The molecule has 1 rings (SSSR count). The van der Waals surface area contributed by atoms with Crippen LogP contribution in [0.1, 0.15) is 19.4 Å². The molecule has 0 aliphatic heterocycles. The summed E-state index contributed by atoms with van der Waals surface area (Å²) in [6.07, 6.45) is 0. The summed E-state index contributed by atoms with van der Waals surface area (Å²) in [4.78, 5) is 11.6. The lowest BCUT2D eigenvalue weighted by Crippen LogP contribution is -2.32. The molecular weight excluding hydrogens is 246 g/mol. The first-order valence-corrected chi connectivity index (χ1v) is 6.03. The van der Waals surface area contributed by atoms with Crippen LogP contribution >= 0.6 is 0 Å². The standard InChI is InChI=1S/C14H21NO4/c1-14(2,13(16)18-4)9-19-12-6-5-11(17-3)7-10(12)8-15/h5-7H,8-9,15H2,1-4H3. The van der Waals surface area contributed by atoms with Crippen molar-refractivity contribution < 1.29 is 19.0 Å². The number of hydrogen-bond donors (Lipinski definition) is 1. The van der Waals surface area contributed by atoms with Gasteiger partial charge in [0, 0.05) is 12.1 Å². The van der Waals surface area contributed by atoms with Gasteiger partial charge in [-0.15, -0.1) is 0 Å². The summed E-state index contributed by atoms with van der Waals surface area (Å²) in [6.45, 7) is 4.10. The summed E-state index contributed by atoms with van der Waals surface area (Å²) in [5.74, 6) is 1.07. The van der Waals surface area contributed by atoms with E-state index in [2.05, 4.69) is 0 Å². The number of benzene rings is 1. The molecule has 5 heteroatoms. The van der Waals surface area contributed by atoms with Crippen LogP contribution in [-0.4, -0.2) is 26.8 Å². The van der Waals surface area contributed by atoms with Gasteiger partial charge >= 0.3 is 5.97 Å². The average molecular weight is 267 g/mol. The molecule has 1 aromatic carbocycles. The van der Waals surface area contributed by atoms with Crippen LogP contribution in [0.4, 0.5) is 0 Å². The van der Waals surface area contributed by atoms with Gasteiger partial charge in [-0.25, -0.2) is 0 Å². The van der Waals surface area contributed by atoms with Crippen LogP contribution in [0.3, 0.4) is 0 Å². The smallest absolute Gasteiger partial charge is 0.314 e. The first kappa shape index (κ1) is 15.3. The Kier molecular flexibility index (Phi) is 5.18. The lowest BCUT2D eigenvalue weighted by molar-refractivity contribution is -0.152. The Morgan fingerprint density at radius 3 is 2.53 bits per heavy atom. The van der Waals surface area contributed by atoms with Crippen molar-refractivity contribution in [2.24, 2.45) is 11.1 Å². The molecule has 106 valence electrons. The molecular formula is C14H21NO4. The van der Waals surface area contributed by atoms with Crippen molar-refractivity contribution in [3.05, 3.63) is 23.8 Å². The molecule has 19 heavy (non-hydrogen) atoms. The number of hydrogen-bond acceptors (Lipinski definition) is 5. The molecule has 0 saturated carbocycles. The molecule has 0 spiro atoms. The lowest BCUT2D eigenvalue weighted by atomic mass is 9.95. The summed E-state index contributed by atoms with van der Waals surface area (Å²) in [7, 11) is 2.96. The highest BCUT2D eigenvalue weighted by atomic mass is 16.5. The van der Waals surface area contributed by atoms with Crippen LogP contribution in [0.5, 0.6) is 11.5 Å². The highest BCUT2D eigenvalue weighted by Crippen LogP contribution is 2.26. The summed E-state index contributed by atoms with van der Waals surface area (Å²) in [5.41, 5.74) is 5.80. The summed E-state index contributed by atoms with van der Waals surface area (Å²) < 4.78 is 15.5. The third-order valence-electron chi connectivity index (χ3n) is 2.81. The van der Waals surface area contributed by atoms with Crippen molar-refractivity contribution in [2.75, 3.05) is 20.8 Å². The first-order valence-electron chi connectivity index (χ1n) is 6.03. The number of ether oxygens (including phenoxy) is 3. The third kappa shape index (κ3) is 3.86. The van der Waals surface area contributed by atoms with E-state index in [0.29, 0.717) is 12.3 Å². The molecule has 2 N–H and O–H groups in total. The van der Waals surface area contributed by atoms with E-state index >= 15 is 0 Å². The number of rotatable bonds is 6. The van der Waals surface area contributed by atoms with Crippen molar-refractivity contribution in [1.82, 2.24) is 0 Å². The van der Waals surface area contributed by atoms with Gasteiger partial charge in [0.2, 0.25) is 0 Å². The van der Waals surface area contributed by atoms with Gasteiger partial charge in [-0.2, -0.15) is 0 Å². The molecule has 0 unspecified atom stereocenters. The Bertz CT molecular complexity index is 443. The van der Waals surface area contributed by atoms with Gasteiger partial charge < -0.3 is 19.9 Å². The zero-order chi connectivity index (χ0) is 14.5. The van der Waals surface area contributed by atoms with E-state index in [4.69, 9.17) is 19.9 Å². The van der Waals surface area contributed by atoms with E-state index in [1.165, 1.54) is 7.11 Å². The molecule has 0 aromatic heterocycles. The molecule has 0 heterocycles. The Morgan fingerprint density at radius 1 is 1.32 bits per heavy atom. The van der Waals surface area contributed by atoms with Crippen LogP contribution in [0.25, 0.3) is 0 Å². The van der Waals surface area contributed by atoms with Gasteiger partial charge in [-0.3, -0.25) is 4.79 Å². The predicted molar refractivity (Wildman–Crippen MR) is 72.2 cm³/mol. The minimum absolute atomic E-state index is 0.221. The maximum Gasteiger partial charge on any atom is 0.314 e. The van der Waals surface area contributed by atoms with E-state index in [1.807, 2.05) is 6.07 Å². The maximum absolute atomic E-state index is 11.6. The molecule has 0 radical (unpaired) electrons. The van der Waals surface area contributed by atoms with Gasteiger partial charge in [0.25, 0.3) is 0 Å². The van der Waals surface area contributed by atoms with E-state index in [1.54, 1.807) is 33.1 Å². The normalized spacial score (nSPS) is 11.0. The van der Waals surface area contributed by atoms with Gasteiger partial charge in [-0.05, 0) is 32.0 Å². The molecule has 0 bridgehead atoms. The second-order valence-corrected chi connectivity index (χ2v) is 4.84. The van der Waals surface area contributed by atoms with E-state index in [0.717, 1.165) is 11.3 Å². The van der Waals surface area contributed by atoms with Gasteiger partial charge in [0.15, 0.2) is 0 Å². The topological polar surface area (TPSA) is 70.8 Å². The van der Waals surface area contributed by atoms with Crippen molar-refractivity contribution in [1.29, 1.82) is 0 Å². The minimum Gasteiger partial charge on any atom is -0.497 e. The number of carbonyl (C=O) groups is 1. The number of carbonyl (C=O) groups excluding carboxylic acids is 1. The summed E-state index contributed by atoms with van der Waals surface area (Å²) in [6, 6.07) is 5.40. The zero-order valence-corrected chi connectivity index (χ0v) is 11.9. The van der Waals surface area contributed by atoms with E-state index in [9.17, 15) is 4.79 Å². The van der Waals surface area contributed by atoms with Gasteiger partial charge in [0.05, 0.1) is 19.6 Å². The second-order valence-electron chi connectivity index (χ2n) is 4.84. The molecule has 0 aliphatic rings. The number of esters is 1. The summed E-state index contributed by atoms with van der Waals surface area (Å²) >= 11 is 0. The van der Waals surface area contributed by atoms with Crippen LogP contribution < -0.4 is 15.2 Å². The Labute approximate surface area is 113 Å². The van der Waals surface area contributed by atoms with Crippen molar-refractivity contribution in [3.63, 3.8) is 0 Å². The highest BCUT2D eigenvalue weighted by molar-refractivity contribution is 5.75. The predicted octanol–water partition coefficient (Wildman–Crippen LogP) is 1.73. The highest BCUT2D eigenvalue weighted by Gasteiger charge is 2.30. The van der Waals surface area contributed by atoms with Crippen LogP contribution in [0.2, 0.25) is 0 Å². The van der Waals surface area contributed by atoms with Crippen molar-refractivity contribution >= 4 is 5.97 Å². The quantitative estimate of drug-likeness (QED) is 0.795. The molecule has 0 aliphatic carbocycles. The second kappa shape index (κ2) is 6.43. The third-order valence-corrected chi connectivity index (χ3v) is 2.81. The zero-order valence-electron chi connectivity index (χ0n) is 11.9. The molecule has 0 atom stereocenters. The molecule has 0 fully saturated rings. The fraction of sp³-hybridized carbons (Fsp3) is 0.500. The molecule has 5 nitrogen and oxygen atoms in total. The molecule has 1 aromatic rings. The Balaban J connectivity index is 2.80. The van der Waals surface area contributed by atoms with Crippen LogP contribution in [-0.2, 0) is 16.1 Å². The first-order chi connectivity index (χ1) is 8.94. The van der Waals surface area contributed by atoms with Gasteiger partial charge in [-0.1, -0.05) is 0 Å². The largest absolute Gasteiger partial charge is 0.497 e. The number of nitrogens with two attached hydrogens (primary N) is 1. The lowest BCUT2D eigenvalue weighted by Gasteiger charge is -2.22. The number of methoxy groups -OCH3 is 2. The van der Waals surface area contributed by atoms with E-state index < -0.39 is 5.41 Å². The van der Waals surface area contributed by atoms with E-state index in [-0.39, 0.29) is 12.6 Å². The molecule has 0 amide bonds. The maximum atomic E-state index is 11.6. The average Bonchev–Trinajstić information content (AvgIpc) is 2.43. The minimum atomic E-state index is -0.708. The summed E-state index contributed by atoms with van der Waals surface area (Å²) in [5, 5.41) is 0. The van der Waals surface area contributed by atoms with Crippen molar-refractivity contribution in [2.45, 2.75) is 20.4 Å². The molecule has 0 saturated heterocycles. The fourth-order valence-electron chi connectivity index (χ4n) is 1.58.